The highest BCUT2D eigenvalue weighted by Gasteiger charge is 2.26. The van der Waals surface area contributed by atoms with Gasteiger partial charge in [0.25, 0.3) is 0 Å². The quantitative estimate of drug-likeness (QED) is 0.731. The first kappa shape index (κ1) is 15.4. The molecule has 0 aromatic rings. The maximum absolute atomic E-state index is 11.4. The lowest BCUT2D eigenvalue weighted by Gasteiger charge is -2.23. The molecule has 1 saturated heterocycles. The molecule has 0 aromatic heterocycles. The van der Waals surface area contributed by atoms with Crippen LogP contribution in [0.1, 0.15) is 34.1 Å². The molecule has 18 heavy (non-hydrogen) atoms. The van der Waals surface area contributed by atoms with Crippen LogP contribution in [0, 0.1) is 11.8 Å². The highest BCUT2D eigenvalue weighted by molar-refractivity contribution is 5.72. The Balaban J connectivity index is 2.27. The summed E-state index contributed by atoms with van der Waals surface area (Å²) in [6.07, 6.45) is 1.25. The smallest absolute Gasteiger partial charge is 0.309 e. The van der Waals surface area contributed by atoms with E-state index in [2.05, 4.69) is 31.0 Å². The fraction of sp³-hybridized carbons (Fsp3) is 0.929. The lowest BCUT2D eigenvalue weighted by molar-refractivity contribution is -0.145. The summed E-state index contributed by atoms with van der Waals surface area (Å²) in [5.74, 6) is 0.488. The Morgan fingerprint density at radius 2 is 2.06 bits per heavy atom. The van der Waals surface area contributed by atoms with Crippen LogP contribution < -0.4 is 5.32 Å². The Hall–Kier alpha value is -0.610. The second-order valence-electron chi connectivity index (χ2n) is 5.75. The van der Waals surface area contributed by atoms with Gasteiger partial charge in [0.15, 0.2) is 0 Å². The molecule has 0 aromatic carbocycles. The Morgan fingerprint density at radius 1 is 1.39 bits per heavy atom. The number of hydrogen-bond acceptors (Lipinski definition) is 4. The van der Waals surface area contributed by atoms with Gasteiger partial charge in [0.2, 0.25) is 0 Å². The summed E-state index contributed by atoms with van der Waals surface area (Å²) in [5.41, 5.74) is 0. The van der Waals surface area contributed by atoms with Crippen molar-refractivity contribution in [2.45, 2.75) is 46.2 Å². The van der Waals surface area contributed by atoms with E-state index in [0.29, 0.717) is 12.0 Å². The van der Waals surface area contributed by atoms with E-state index in [1.54, 1.807) is 0 Å². The first-order valence-electron chi connectivity index (χ1n) is 7.01. The third-order valence-corrected chi connectivity index (χ3v) is 4.10. The molecule has 3 unspecified atom stereocenters. The average molecular weight is 256 g/mol. The minimum Gasteiger partial charge on any atom is -0.469 e. The van der Waals surface area contributed by atoms with Gasteiger partial charge in [-0.3, -0.25) is 4.79 Å². The lowest BCUT2D eigenvalue weighted by Crippen LogP contribution is -2.40. The van der Waals surface area contributed by atoms with Gasteiger partial charge >= 0.3 is 5.97 Å². The maximum Gasteiger partial charge on any atom is 0.309 e. The molecule has 106 valence electrons. The number of ether oxygens (including phenoxy) is 1. The Morgan fingerprint density at radius 3 is 2.56 bits per heavy atom. The van der Waals surface area contributed by atoms with Gasteiger partial charge in [-0.1, -0.05) is 6.92 Å². The van der Waals surface area contributed by atoms with E-state index in [4.69, 9.17) is 4.74 Å². The summed E-state index contributed by atoms with van der Waals surface area (Å²) in [6.45, 7) is 11.8. The predicted octanol–water partition coefficient (Wildman–Crippen LogP) is 1.50. The lowest BCUT2D eigenvalue weighted by atomic mass is 10.0. The van der Waals surface area contributed by atoms with Crippen molar-refractivity contribution in [2.75, 3.05) is 26.7 Å². The second kappa shape index (κ2) is 7.10. The number of likely N-dealkylation sites (tertiary alicyclic amines) is 1. The second-order valence-corrected chi connectivity index (χ2v) is 5.75. The topological polar surface area (TPSA) is 41.6 Å². The number of rotatable bonds is 6. The molecule has 0 bridgehead atoms. The number of methoxy groups -OCH3 is 1. The van der Waals surface area contributed by atoms with Crippen LogP contribution in [0.3, 0.4) is 0 Å². The molecule has 0 aliphatic carbocycles. The largest absolute Gasteiger partial charge is 0.469 e. The molecular formula is C14H28N2O2. The molecule has 0 radical (unpaired) electrons. The third-order valence-electron chi connectivity index (χ3n) is 4.10. The van der Waals surface area contributed by atoms with Crippen LogP contribution in [0.5, 0.6) is 0 Å². The van der Waals surface area contributed by atoms with Gasteiger partial charge in [-0.15, -0.1) is 0 Å². The minimum absolute atomic E-state index is 0.0856. The van der Waals surface area contributed by atoms with Crippen LogP contribution in [0.4, 0.5) is 0 Å². The van der Waals surface area contributed by atoms with E-state index >= 15 is 0 Å². The standard InChI is InChI=1S/C14H28N2O2/c1-10(2)16-7-6-13(9-16)8-15-12(4)11(3)14(17)18-5/h10-13,15H,6-9H2,1-5H3. The van der Waals surface area contributed by atoms with E-state index in [0.717, 1.165) is 6.54 Å². The normalized spacial score (nSPS) is 24.2. The molecule has 4 heteroatoms. The predicted molar refractivity (Wildman–Crippen MR) is 73.5 cm³/mol. The van der Waals surface area contributed by atoms with E-state index in [9.17, 15) is 4.79 Å². The molecule has 4 nitrogen and oxygen atoms in total. The van der Waals surface area contributed by atoms with Gasteiger partial charge in [0.05, 0.1) is 13.0 Å². The Labute approximate surface area is 111 Å². The summed E-state index contributed by atoms with van der Waals surface area (Å²) in [4.78, 5) is 13.9. The van der Waals surface area contributed by atoms with Crippen LogP contribution in [0.2, 0.25) is 0 Å². The number of hydrogen-bond donors (Lipinski definition) is 1. The van der Waals surface area contributed by atoms with Crippen LogP contribution in [-0.4, -0.2) is 49.7 Å². The van der Waals surface area contributed by atoms with Gasteiger partial charge in [0.1, 0.15) is 0 Å². The minimum atomic E-state index is -0.134. The molecule has 1 fully saturated rings. The van der Waals surface area contributed by atoms with Gasteiger partial charge in [-0.2, -0.15) is 0 Å². The first-order chi connectivity index (χ1) is 8.45. The molecule has 1 aliphatic heterocycles. The van der Waals surface area contributed by atoms with Crippen molar-refractivity contribution in [1.82, 2.24) is 10.2 Å². The van der Waals surface area contributed by atoms with Gasteiger partial charge in [0, 0.05) is 18.6 Å². The van der Waals surface area contributed by atoms with Crippen molar-refractivity contribution >= 4 is 5.97 Å². The Bertz CT molecular complexity index is 269. The van der Waals surface area contributed by atoms with Gasteiger partial charge in [-0.25, -0.2) is 0 Å². The molecule has 1 rings (SSSR count). The van der Waals surface area contributed by atoms with E-state index in [1.165, 1.54) is 26.6 Å². The molecule has 0 amide bonds. The zero-order valence-electron chi connectivity index (χ0n) is 12.4. The van der Waals surface area contributed by atoms with E-state index in [1.807, 2.05) is 6.92 Å². The molecule has 1 heterocycles. The maximum atomic E-state index is 11.4. The number of esters is 1. The SMILES string of the molecule is COC(=O)C(C)C(C)NCC1CCN(C(C)C)C1. The average Bonchev–Trinajstić information content (AvgIpc) is 2.82. The van der Waals surface area contributed by atoms with Crippen molar-refractivity contribution in [3.8, 4) is 0 Å². The van der Waals surface area contributed by atoms with Crippen LogP contribution in [-0.2, 0) is 9.53 Å². The zero-order chi connectivity index (χ0) is 13.7. The number of nitrogens with zero attached hydrogens (tertiary/aromatic N) is 1. The zero-order valence-corrected chi connectivity index (χ0v) is 12.4. The summed E-state index contributed by atoms with van der Waals surface area (Å²) >= 11 is 0. The summed E-state index contributed by atoms with van der Waals surface area (Å²) in [5, 5.41) is 3.47. The monoisotopic (exact) mass is 256 g/mol. The molecule has 0 saturated carbocycles. The Kier molecular flexibility index (Phi) is 6.09. The molecule has 1 N–H and O–H groups in total. The highest BCUT2D eigenvalue weighted by Crippen LogP contribution is 2.18. The van der Waals surface area contributed by atoms with Crippen molar-refractivity contribution in [3.63, 3.8) is 0 Å². The van der Waals surface area contributed by atoms with Crippen LogP contribution in [0.15, 0.2) is 0 Å². The number of carbonyl (C=O) groups is 1. The highest BCUT2D eigenvalue weighted by atomic mass is 16.5. The third kappa shape index (κ3) is 4.25. The fourth-order valence-electron chi connectivity index (χ4n) is 2.42. The summed E-state index contributed by atoms with van der Waals surface area (Å²) < 4.78 is 4.77. The van der Waals surface area contributed by atoms with Crippen LogP contribution >= 0.6 is 0 Å². The van der Waals surface area contributed by atoms with Crippen LogP contribution in [0.25, 0.3) is 0 Å². The number of carbonyl (C=O) groups excluding carboxylic acids is 1. The van der Waals surface area contributed by atoms with Gasteiger partial charge in [-0.05, 0) is 46.2 Å². The van der Waals surface area contributed by atoms with Crippen molar-refractivity contribution in [3.05, 3.63) is 0 Å². The molecule has 3 atom stereocenters. The fourth-order valence-corrected chi connectivity index (χ4v) is 2.42. The van der Waals surface area contributed by atoms with Crippen molar-refractivity contribution in [2.24, 2.45) is 11.8 Å². The van der Waals surface area contributed by atoms with Crippen molar-refractivity contribution in [1.29, 1.82) is 0 Å². The summed E-state index contributed by atoms with van der Waals surface area (Å²) in [6, 6.07) is 0.812. The van der Waals surface area contributed by atoms with Crippen molar-refractivity contribution < 1.29 is 9.53 Å². The first-order valence-corrected chi connectivity index (χ1v) is 7.01. The molecule has 1 aliphatic rings. The molecular weight excluding hydrogens is 228 g/mol. The summed E-state index contributed by atoms with van der Waals surface area (Å²) in [7, 11) is 1.45. The molecule has 0 spiro atoms. The van der Waals surface area contributed by atoms with E-state index < -0.39 is 0 Å². The number of nitrogens with one attached hydrogen (secondary N) is 1. The van der Waals surface area contributed by atoms with E-state index in [-0.39, 0.29) is 17.9 Å². The van der Waals surface area contributed by atoms with Gasteiger partial charge < -0.3 is 15.0 Å².